The summed E-state index contributed by atoms with van der Waals surface area (Å²) >= 11 is 0. The minimum absolute atomic E-state index is 0.0281. The molecule has 3 aliphatic heterocycles. The molecule has 30 heavy (non-hydrogen) atoms. The molecule has 3 aliphatic rings. The molecular formula is C19H27N6O5+. The number of imide groups is 1. The average molecular weight is 419 g/mol. The van der Waals surface area contributed by atoms with E-state index in [9.17, 15) is 19.2 Å². The SMILES string of the molecule is N[C@@H](Cc1cnc[nH]1)C(=O)[N+]1(C(=O)[C@@H]2CC(=O)N2)CCC[C@H]1C(=O)N1CCOCC1. The molecular weight excluding hydrogens is 392 g/mol. The van der Waals surface area contributed by atoms with Crippen LogP contribution in [0.3, 0.4) is 0 Å². The molecule has 3 saturated heterocycles. The zero-order chi connectivity index (χ0) is 21.3. The van der Waals surface area contributed by atoms with Crippen molar-refractivity contribution in [3.63, 3.8) is 0 Å². The molecule has 11 nitrogen and oxygen atoms in total. The summed E-state index contributed by atoms with van der Waals surface area (Å²) in [6, 6.07) is -2.57. The minimum Gasteiger partial charge on any atom is -0.378 e. The number of imidazole rings is 1. The standard InChI is InChI=1S/C19H26N6O5/c20-13(8-12-10-21-11-22-12)18(28)25(19(29)14-9-16(26)23-14)5-1-2-15(25)17(27)24-3-6-30-7-4-24/h10-11,13-15H,1-9,20H2,(H-,21,22,23,26)/p+1/t13-,14-,15-,25?/m0/s1. The minimum atomic E-state index is -0.983. The summed E-state index contributed by atoms with van der Waals surface area (Å²) in [7, 11) is 0. The maximum absolute atomic E-state index is 13.6. The Morgan fingerprint density at radius 3 is 2.70 bits per heavy atom. The van der Waals surface area contributed by atoms with Crippen molar-refractivity contribution in [2.45, 2.75) is 43.8 Å². The first-order valence-corrected chi connectivity index (χ1v) is 10.3. The number of ether oxygens (including phenoxy) is 1. The van der Waals surface area contributed by atoms with E-state index in [1.54, 1.807) is 11.1 Å². The van der Waals surface area contributed by atoms with Gasteiger partial charge in [0.15, 0.2) is 12.1 Å². The zero-order valence-electron chi connectivity index (χ0n) is 16.7. The fourth-order valence-electron chi connectivity index (χ4n) is 4.66. The van der Waals surface area contributed by atoms with E-state index >= 15 is 0 Å². The van der Waals surface area contributed by atoms with Crippen LogP contribution in [0.1, 0.15) is 25.0 Å². The maximum atomic E-state index is 13.6. The summed E-state index contributed by atoms with van der Waals surface area (Å²) in [5.41, 5.74) is 6.92. The molecule has 4 heterocycles. The fraction of sp³-hybridized carbons (Fsp3) is 0.632. The van der Waals surface area contributed by atoms with Gasteiger partial charge in [-0.1, -0.05) is 0 Å². The Labute approximate surface area is 173 Å². The number of aromatic amines is 1. The number of quaternary nitrogens is 1. The Morgan fingerprint density at radius 2 is 2.07 bits per heavy atom. The largest absolute Gasteiger partial charge is 0.378 e. The molecule has 1 unspecified atom stereocenters. The van der Waals surface area contributed by atoms with Crippen LogP contribution >= 0.6 is 0 Å². The first-order chi connectivity index (χ1) is 14.4. The number of carbonyl (C=O) groups excluding carboxylic acids is 4. The number of morpholine rings is 1. The summed E-state index contributed by atoms with van der Waals surface area (Å²) in [4.78, 5) is 60.4. The van der Waals surface area contributed by atoms with Gasteiger partial charge in [-0.2, -0.15) is 4.48 Å². The van der Waals surface area contributed by atoms with Gasteiger partial charge in [-0.15, -0.1) is 0 Å². The molecule has 1 aromatic rings. The van der Waals surface area contributed by atoms with Crippen molar-refractivity contribution in [3.05, 3.63) is 18.2 Å². The topological polar surface area (TPSA) is 147 Å². The molecule has 0 bridgehead atoms. The van der Waals surface area contributed by atoms with Crippen LogP contribution < -0.4 is 11.1 Å². The molecule has 0 spiro atoms. The molecule has 1 aromatic heterocycles. The molecule has 4 amide bonds. The van der Waals surface area contributed by atoms with E-state index in [1.807, 2.05) is 0 Å². The Bertz CT molecular complexity index is 828. The zero-order valence-corrected chi connectivity index (χ0v) is 16.7. The number of hydrogen-bond donors (Lipinski definition) is 3. The number of nitrogens with zero attached hydrogens (tertiary/aromatic N) is 3. The second kappa shape index (κ2) is 8.25. The third kappa shape index (κ3) is 3.53. The van der Waals surface area contributed by atoms with Gasteiger partial charge >= 0.3 is 11.8 Å². The number of β-lactam (4-membered cyclic amide) rings is 1. The molecule has 11 heteroatoms. The predicted molar refractivity (Wildman–Crippen MR) is 102 cm³/mol. The molecule has 4 rings (SSSR count). The van der Waals surface area contributed by atoms with Gasteiger partial charge in [0.25, 0.3) is 5.91 Å². The molecule has 4 atom stereocenters. The summed E-state index contributed by atoms with van der Waals surface area (Å²) in [6.07, 6.45) is 4.25. The number of nitrogens with one attached hydrogen (secondary N) is 2. The van der Waals surface area contributed by atoms with E-state index in [1.165, 1.54) is 6.33 Å². The van der Waals surface area contributed by atoms with Gasteiger partial charge in [-0.3, -0.25) is 9.59 Å². The van der Waals surface area contributed by atoms with Gasteiger partial charge in [0.05, 0.1) is 32.5 Å². The lowest BCUT2D eigenvalue weighted by Crippen LogP contribution is -2.73. The molecule has 0 radical (unpaired) electrons. The predicted octanol–water partition coefficient (Wildman–Crippen LogP) is -1.94. The molecule has 162 valence electrons. The van der Waals surface area contributed by atoms with Gasteiger partial charge < -0.3 is 25.7 Å². The van der Waals surface area contributed by atoms with Crippen LogP contribution in [0.2, 0.25) is 0 Å². The van der Waals surface area contributed by atoms with Crippen molar-refractivity contribution in [2.24, 2.45) is 5.73 Å². The lowest BCUT2D eigenvalue weighted by Gasteiger charge is -2.41. The highest BCUT2D eigenvalue weighted by Gasteiger charge is 2.62. The van der Waals surface area contributed by atoms with Gasteiger partial charge in [0.2, 0.25) is 5.91 Å². The van der Waals surface area contributed by atoms with Crippen LogP contribution in [0.25, 0.3) is 0 Å². The van der Waals surface area contributed by atoms with Crippen LogP contribution in [0, 0.1) is 0 Å². The highest BCUT2D eigenvalue weighted by atomic mass is 16.5. The monoisotopic (exact) mass is 419 g/mol. The van der Waals surface area contributed by atoms with E-state index in [0.717, 1.165) is 0 Å². The molecule has 3 fully saturated rings. The quantitative estimate of drug-likeness (QED) is 0.371. The molecule has 0 aliphatic carbocycles. The van der Waals surface area contributed by atoms with E-state index in [4.69, 9.17) is 10.5 Å². The number of H-pyrrole nitrogens is 1. The van der Waals surface area contributed by atoms with Gasteiger partial charge in [0, 0.05) is 44.2 Å². The number of likely N-dealkylation sites (tertiary alicyclic amines) is 1. The molecule has 0 saturated carbocycles. The van der Waals surface area contributed by atoms with Crippen LogP contribution in [0.5, 0.6) is 0 Å². The van der Waals surface area contributed by atoms with E-state index < -0.39 is 34.4 Å². The third-order valence-electron chi connectivity index (χ3n) is 6.25. The van der Waals surface area contributed by atoms with E-state index in [2.05, 4.69) is 15.3 Å². The summed E-state index contributed by atoms with van der Waals surface area (Å²) < 4.78 is 4.69. The van der Waals surface area contributed by atoms with Crippen molar-refractivity contribution in [1.82, 2.24) is 20.2 Å². The average Bonchev–Trinajstić information content (AvgIpc) is 3.41. The van der Waals surface area contributed by atoms with Crippen molar-refractivity contribution in [1.29, 1.82) is 0 Å². The van der Waals surface area contributed by atoms with Crippen LogP contribution in [-0.4, -0.2) is 94.0 Å². The first kappa shape index (κ1) is 20.6. The Hall–Kier alpha value is -2.63. The molecule has 0 aromatic carbocycles. The second-order valence-electron chi connectivity index (χ2n) is 8.08. The van der Waals surface area contributed by atoms with E-state index in [0.29, 0.717) is 44.8 Å². The van der Waals surface area contributed by atoms with Gasteiger partial charge in [0.1, 0.15) is 6.04 Å². The smallest absolute Gasteiger partial charge is 0.344 e. The Balaban J connectivity index is 1.64. The summed E-state index contributed by atoms with van der Waals surface area (Å²) in [5, 5.41) is 2.56. The number of amides is 4. The lowest BCUT2D eigenvalue weighted by atomic mass is 9.99. The number of nitrogens with two attached hydrogens (primary N) is 1. The highest BCUT2D eigenvalue weighted by Crippen LogP contribution is 2.33. The fourth-order valence-corrected chi connectivity index (χ4v) is 4.66. The number of rotatable bonds is 5. The van der Waals surface area contributed by atoms with Crippen LogP contribution in [0.15, 0.2) is 12.5 Å². The summed E-state index contributed by atoms with van der Waals surface area (Å²) in [6.45, 7) is 1.92. The Kier molecular flexibility index (Phi) is 5.67. The van der Waals surface area contributed by atoms with Crippen LogP contribution in [0.4, 0.5) is 0 Å². The van der Waals surface area contributed by atoms with Crippen LogP contribution in [-0.2, 0) is 30.3 Å². The normalized spacial score (nSPS) is 29.8. The van der Waals surface area contributed by atoms with Gasteiger partial charge in [-0.25, -0.2) is 14.6 Å². The van der Waals surface area contributed by atoms with Crippen molar-refractivity contribution >= 4 is 23.6 Å². The lowest BCUT2D eigenvalue weighted by molar-refractivity contribution is -0.784. The maximum Gasteiger partial charge on any atom is 0.344 e. The van der Waals surface area contributed by atoms with Crippen molar-refractivity contribution < 1.29 is 28.4 Å². The number of carbonyl (C=O) groups is 4. The molecule has 4 N–H and O–H groups in total. The number of aromatic nitrogens is 2. The Morgan fingerprint density at radius 1 is 1.33 bits per heavy atom. The third-order valence-corrected chi connectivity index (χ3v) is 6.25. The second-order valence-corrected chi connectivity index (χ2v) is 8.08. The van der Waals surface area contributed by atoms with Gasteiger partial charge in [-0.05, 0) is 0 Å². The first-order valence-electron chi connectivity index (χ1n) is 10.3. The van der Waals surface area contributed by atoms with Crippen molar-refractivity contribution in [2.75, 3.05) is 32.8 Å². The van der Waals surface area contributed by atoms with E-state index in [-0.39, 0.29) is 31.2 Å². The van der Waals surface area contributed by atoms with Crippen molar-refractivity contribution in [3.8, 4) is 0 Å². The number of hydrogen-bond acceptors (Lipinski definition) is 7. The summed E-state index contributed by atoms with van der Waals surface area (Å²) in [5.74, 6) is -1.39. The highest BCUT2D eigenvalue weighted by molar-refractivity contribution is 6.00.